The van der Waals surface area contributed by atoms with Crippen molar-refractivity contribution in [1.29, 1.82) is 0 Å². The molecule has 0 aromatic carbocycles. The average molecular weight is 282 g/mol. The summed E-state index contributed by atoms with van der Waals surface area (Å²) in [6.07, 6.45) is 4.36. The van der Waals surface area contributed by atoms with Gasteiger partial charge in [0, 0.05) is 13.1 Å². The molecule has 1 atom stereocenters. The Bertz CT molecular complexity index is 456. The van der Waals surface area contributed by atoms with E-state index in [0.717, 1.165) is 12.5 Å². The van der Waals surface area contributed by atoms with Gasteiger partial charge in [0.15, 0.2) is 0 Å². The predicted molar refractivity (Wildman–Crippen MR) is 71.1 cm³/mol. The summed E-state index contributed by atoms with van der Waals surface area (Å²) < 4.78 is 5.21. The fourth-order valence-corrected chi connectivity index (χ4v) is 3.29. The Kier molecular flexibility index (Phi) is 3.74. The lowest BCUT2D eigenvalue weighted by Gasteiger charge is -2.44. The van der Waals surface area contributed by atoms with Crippen LogP contribution in [-0.4, -0.2) is 53.4 Å². The monoisotopic (exact) mass is 282 g/mol. The lowest BCUT2D eigenvalue weighted by atomic mass is 9.79. The molecular formula is C12H18N4O2S. The summed E-state index contributed by atoms with van der Waals surface area (Å²) in [6.45, 7) is 4.24. The van der Waals surface area contributed by atoms with Crippen LogP contribution >= 0.6 is 11.8 Å². The maximum atomic E-state index is 11.9. The lowest BCUT2D eigenvalue weighted by molar-refractivity contribution is 0.0491. The summed E-state index contributed by atoms with van der Waals surface area (Å²) in [6, 6.07) is 0. The molecule has 1 N–H and O–H groups in total. The van der Waals surface area contributed by atoms with Crippen LogP contribution in [-0.2, 0) is 0 Å². The Morgan fingerprint density at radius 1 is 1.47 bits per heavy atom. The van der Waals surface area contributed by atoms with Crippen molar-refractivity contribution in [3.05, 3.63) is 5.89 Å². The SMILES string of the molecule is CSc1nnc(C(=O)NC[C@H]2CN3CCC2CC3)o1. The third-order valence-corrected chi connectivity index (χ3v) is 4.61. The largest absolute Gasteiger partial charge is 0.407 e. The normalized spacial score (nSPS) is 29.4. The van der Waals surface area contributed by atoms with Gasteiger partial charge in [0.1, 0.15) is 0 Å². The Morgan fingerprint density at radius 2 is 2.26 bits per heavy atom. The number of rotatable bonds is 4. The van der Waals surface area contributed by atoms with E-state index in [-0.39, 0.29) is 11.8 Å². The van der Waals surface area contributed by atoms with Gasteiger partial charge in [-0.05, 0) is 44.0 Å². The Hall–Kier alpha value is -1.08. The van der Waals surface area contributed by atoms with Gasteiger partial charge < -0.3 is 14.6 Å². The van der Waals surface area contributed by atoms with E-state index in [1.165, 1.54) is 37.7 Å². The molecule has 0 aliphatic carbocycles. The van der Waals surface area contributed by atoms with Gasteiger partial charge in [0.05, 0.1) is 0 Å². The fourth-order valence-electron chi connectivity index (χ4n) is 3.00. The topological polar surface area (TPSA) is 71.3 Å². The summed E-state index contributed by atoms with van der Waals surface area (Å²) in [7, 11) is 0. The second-order valence-electron chi connectivity index (χ2n) is 5.19. The van der Waals surface area contributed by atoms with Crippen molar-refractivity contribution in [2.75, 3.05) is 32.4 Å². The molecule has 1 aromatic heterocycles. The van der Waals surface area contributed by atoms with Gasteiger partial charge in [0.2, 0.25) is 0 Å². The number of piperidine rings is 3. The number of aromatic nitrogens is 2. The molecule has 104 valence electrons. The highest BCUT2D eigenvalue weighted by Gasteiger charge is 2.34. The third-order valence-electron chi connectivity index (χ3n) is 4.09. The molecule has 0 unspecified atom stereocenters. The zero-order valence-electron chi connectivity index (χ0n) is 11.0. The average Bonchev–Trinajstić information content (AvgIpc) is 2.95. The van der Waals surface area contributed by atoms with Crippen LogP contribution in [0.15, 0.2) is 9.64 Å². The second kappa shape index (κ2) is 5.50. The van der Waals surface area contributed by atoms with Crippen LogP contribution in [0.3, 0.4) is 0 Å². The summed E-state index contributed by atoms with van der Waals surface area (Å²) in [5.74, 6) is 1.12. The Morgan fingerprint density at radius 3 is 2.84 bits per heavy atom. The zero-order chi connectivity index (χ0) is 13.2. The van der Waals surface area contributed by atoms with Crippen molar-refractivity contribution in [2.24, 2.45) is 11.8 Å². The molecule has 19 heavy (non-hydrogen) atoms. The summed E-state index contributed by atoms with van der Waals surface area (Å²) in [4.78, 5) is 14.4. The smallest absolute Gasteiger partial charge is 0.308 e. The van der Waals surface area contributed by atoms with Crippen LogP contribution in [0, 0.1) is 11.8 Å². The van der Waals surface area contributed by atoms with E-state index in [9.17, 15) is 4.79 Å². The fraction of sp³-hybridized carbons (Fsp3) is 0.750. The molecule has 1 aromatic rings. The minimum atomic E-state index is -0.260. The third kappa shape index (κ3) is 2.76. The van der Waals surface area contributed by atoms with E-state index >= 15 is 0 Å². The first kappa shape index (κ1) is 12.9. The molecule has 7 heteroatoms. The van der Waals surface area contributed by atoms with Crippen LogP contribution in [0.25, 0.3) is 0 Å². The highest BCUT2D eigenvalue weighted by Crippen LogP contribution is 2.31. The van der Waals surface area contributed by atoms with Crippen molar-refractivity contribution in [3.8, 4) is 0 Å². The predicted octanol–water partition coefficient (Wildman–Crippen LogP) is 0.863. The molecule has 3 saturated heterocycles. The van der Waals surface area contributed by atoms with Gasteiger partial charge in [0.25, 0.3) is 5.22 Å². The van der Waals surface area contributed by atoms with E-state index in [1.807, 2.05) is 6.26 Å². The van der Waals surface area contributed by atoms with E-state index < -0.39 is 0 Å². The zero-order valence-corrected chi connectivity index (χ0v) is 11.8. The van der Waals surface area contributed by atoms with Gasteiger partial charge in [-0.2, -0.15) is 0 Å². The number of thioether (sulfide) groups is 1. The maximum absolute atomic E-state index is 11.9. The molecule has 4 heterocycles. The van der Waals surface area contributed by atoms with Crippen LogP contribution in [0.1, 0.15) is 23.5 Å². The van der Waals surface area contributed by atoms with E-state index in [4.69, 9.17) is 4.42 Å². The standard InChI is InChI=1S/C12H18N4O2S/c1-19-12-15-14-11(18-12)10(17)13-6-9-7-16-4-2-8(9)3-5-16/h8-9H,2-7H2,1H3,(H,13,17)/t9-/m0/s1. The van der Waals surface area contributed by atoms with Gasteiger partial charge in [-0.3, -0.25) is 4.79 Å². The maximum Gasteiger partial charge on any atom is 0.308 e. The first-order valence-electron chi connectivity index (χ1n) is 6.64. The minimum Gasteiger partial charge on any atom is -0.407 e. The Labute approximate surface area is 116 Å². The quantitative estimate of drug-likeness (QED) is 0.826. The molecule has 2 bridgehead atoms. The molecule has 3 fully saturated rings. The molecule has 1 amide bonds. The van der Waals surface area contributed by atoms with Crippen LogP contribution in [0.2, 0.25) is 0 Å². The van der Waals surface area contributed by atoms with Crippen molar-refractivity contribution in [1.82, 2.24) is 20.4 Å². The molecule has 3 aliphatic rings. The number of fused-ring (bicyclic) bond motifs is 3. The second-order valence-corrected chi connectivity index (χ2v) is 5.94. The molecule has 6 nitrogen and oxygen atoms in total. The number of amides is 1. The molecule has 0 radical (unpaired) electrons. The molecule has 4 rings (SSSR count). The first-order chi connectivity index (χ1) is 9.26. The van der Waals surface area contributed by atoms with Crippen molar-refractivity contribution >= 4 is 17.7 Å². The van der Waals surface area contributed by atoms with Gasteiger partial charge in [-0.25, -0.2) is 0 Å². The van der Waals surface area contributed by atoms with Crippen LogP contribution in [0.5, 0.6) is 0 Å². The summed E-state index contributed by atoms with van der Waals surface area (Å²) >= 11 is 1.34. The number of carbonyl (C=O) groups is 1. The highest BCUT2D eigenvalue weighted by molar-refractivity contribution is 7.98. The molecule has 3 aliphatic heterocycles. The van der Waals surface area contributed by atoms with Gasteiger partial charge in [-0.1, -0.05) is 11.8 Å². The summed E-state index contributed by atoms with van der Waals surface area (Å²) in [5, 5.41) is 10.8. The van der Waals surface area contributed by atoms with Crippen molar-refractivity contribution < 1.29 is 9.21 Å². The Balaban J connectivity index is 1.53. The molecule has 0 saturated carbocycles. The van der Waals surface area contributed by atoms with E-state index in [2.05, 4.69) is 20.4 Å². The molecule has 0 spiro atoms. The first-order valence-corrected chi connectivity index (χ1v) is 7.87. The lowest BCUT2D eigenvalue weighted by Crippen LogP contribution is -2.50. The van der Waals surface area contributed by atoms with Gasteiger partial charge in [-0.15, -0.1) is 10.2 Å². The van der Waals surface area contributed by atoms with Crippen LogP contribution in [0.4, 0.5) is 0 Å². The number of nitrogens with zero attached hydrogens (tertiary/aromatic N) is 3. The number of carbonyl (C=O) groups excluding carboxylic acids is 1. The minimum absolute atomic E-state index is 0.0608. The van der Waals surface area contributed by atoms with Crippen molar-refractivity contribution in [3.63, 3.8) is 0 Å². The number of hydrogen-bond donors (Lipinski definition) is 1. The summed E-state index contributed by atoms with van der Waals surface area (Å²) in [5.41, 5.74) is 0. The van der Waals surface area contributed by atoms with Gasteiger partial charge >= 0.3 is 11.8 Å². The highest BCUT2D eigenvalue weighted by atomic mass is 32.2. The van der Waals surface area contributed by atoms with E-state index in [0.29, 0.717) is 17.7 Å². The number of nitrogens with one attached hydrogen (secondary N) is 1. The molecular weight excluding hydrogens is 264 g/mol. The van der Waals surface area contributed by atoms with E-state index in [1.54, 1.807) is 0 Å². The van der Waals surface area contributed by atoms with Crippen molar-refractivity contribution in [2.45, 2.75) is 18.1 Å². The van der Waals surface area contributed by atoms with Crippen LogP contribution < -0.4 is 5.32 Å². The number of hydrogen-bond acceptors (Lipinski definition) is 6.